The molecule has 2 rings (SSSR count). The van der Waals surface area contributed by atoms with Gasteiger partial charge >= 0.3 is 6.09 Å². The molecule has 1 aromatic carbocycles. The number of aromatic nitrogens is 1. The minimum absolute atomic E-state index is 0.338. The van der Waals surface area contributed by atoms with E-state index in [2.05, 4.69) is 20.5 Å². The first kappa shape index (κ1) is 16.5. The number of amides is 2. The fourth-order valence-electron chi connectivity index (χ4n) is 2.13. The van der Waals surface area contributed by atoms with Crippen molar-refractivity contribution < 1.29 is 18.8 Å². The molecule has 0 aliphatic rings. The monoisotopic (exact) mass is 317 g/mol. The number of hydrogen-bond donors (Lipinski definition) is 2. The third-order valence-electron chi connectivity index (χ3n) is 3.36. The van der Waals surface area contributed by atoms with E-state index in [0.717, 1.165) is 5.56 Å². The van der Waals surface area contributed by atoms with E-state index in [1.807, 2.05) is 30.3 Å². The van der Waals surface area contributed by atoms with Crippen molar-refractivity contribution in [3.63, 3.8) is 0 Å². The summed E-state index contributed by atoms with van der Waals surface area (Å²) in [4.78, 5) is 24.0. The number of benzene rings is 1. The predicted octanol–water partition coefficient (Wildman–Crippen LogP) is 2.20. The Balaban J connectivity index is 2.15. The Labute approximate surface area is 134 Å². The number of carbonyl (C=O) groups is 2. The van der Waals surface area contributed by atoms with Crippen LogP contribution in [0.3, 0.4) is 0 Å². The molecule has 0 saturated carbocycles. The summed E-state index contributed by atoms with van der Waals surface area (Å²) in [6.07, 6.45) is -0.328. The van der Waals surface area contributed by atoms with Crippen LogP contribution in [0.5, 0.6) is 0 Å². The molecule has 0 fully saturated rings. The molecule has 23 heavy (non-hydrogen) atoms. The van der Waals surface area contributed by atoms with Gasteiger partial charge in [0.15, 0.2) is 5.76 Å². The van der Waals surface area contributed by atoms with Gasteiger partial charge in [-0.1, -0.05) is 35.5 Å². The normalized spacial score (nSPS) is 11.6. The van der Waals surface area contributed by atoms with Gasteiger partial charge in [0, 0.05) is 6.42 Å². The van der Waals surface area contributed by atoms with Crippen LogP contribution in [0.2, 0.25) is 0 Å². The van der Waals surface area contributed by atoms with Gasteiger partial charge < -0.3 is 19.9 Å². The van der Waals surface area contributed by atoms with Gasteiger partial charge in [0.05, 0.1) is 7.11 Å². The van der Waals surface area contributed by atoms with Crippen LogP contribution < -0.4 is 10.6 Å². The van der Waals surface area contributed by atoms with E-state index in [1.54, 1.807) is 13.8 Å². The number of hydrogen-bond acceptors (Lipinski definition) is 5. The quantitative estimate of drug-likeness (QED) is 0.881. The molecule has 0 spiro atoms. The second-order valence-electron chi connectivity index (χ2n) is 5.07. The largest absolute Gasteiger partial charge is 0.453 e. The number of anilines is 1. The highest BCUT2D eigenvalue weighted by molar-refractivity contribution is 5.97. The lowest BCUT2D eigenvalue weighted by atomic mass is 10.1. The molecule has 0 radical (unpaired) electrons. The number of nitrogens with one attached hydrogen (secondary N) is 2. The van der Waals surface area contributed by atoms with E-state index in [1.165, 1.54) is 7.11 Å². The summed E-state index contributed by atoms with van der Waals surface area (Å²) in [6, 6.07) is 8.62. The van der Waals surface area contributed by atoms with Crippen molar-refractivity contribution in [2.75, 3.05) is 12.4 Å². The lowest BCUT2D eigenvalue weighted by molar-refractivity contribution is -0.118. The average molecular weight is 317 g/mol. The van der Waals surface area contributed by atoms with Crippen LogP contribution in [0.4, 0.5) is 10.5 Å². The Morgan fingerprint density at radius 1 is 1.26 bits per heavy atom. The van der Waals surface area contributed by atoms with Gasteiger partial charge in [-0.25, -0.2) is 4.79 Å². The number of ether oxygens (including phenoxy) is 1. The maximum atomic E-state index is 12.5. The highest BCUT2D eigenvalue weighted by Gasteiger charge is 2.23. The zero-order valence-electron chi connectivity index (χ0n) is 13.3. The molecule has 2 amide bonds. The first-order valence-corrected chi connectivity index (χ1v) is 7.13. The molecule has 2 aromatic rings. The topological polar surface area (TPSA) is 93.5 Å². The van der Waals surface area contributed by atoms with E-state index < -0.39 is 12.1 Å². The van der Waals surface area contributed by atoms with Gasteiger partial charge in [0.1, 0.15) is 17.4 Å². The molecular formula is C16H19N3O4. The minimum atomic E-state index is -0.779. The number of aryl methyl sites for hydroxylation is 2. The molecule has 0 bridgehead atoms. The van der Waals surface area contributed by atoms with E-state index in [4.69, 9.17) is 4.52 Å². The minimum Gasteiger partial charge on any atom is -0.453 e. The van der Waals surface area contributed by atoms with Crippen molar-refractivity contribution in [3.8, 4) is 0 Å². The zero-order valence-corrected chi connectivity index (χ0v) is 13.3. The van der Waals surface area contributed by atoms with Crippen molar-refractivity contribution in [1.29, 1.82) is 0 Å². The van der Waals surface area contributed by atoms with Crippen molar-refractivity contribution in [2.45, 2.75) is 26.3 Å². The third-order valence-corrected chi connectivity index (χ3v) is 3.36. The molecule has 7 nitrogen and oxygen atoms in total. The predicted molar refractivity (Wildman–Crippen MR) is 84.1 cm³/mol. The standard InChI is InChI=1S/C16H19N3O4/c1-10-14(11(2)23-19-10)18-15(20)13(17-16(21)22-3)9-12-7-5-4-6-8-12/h4-8,13H,9H2,1-3H3,(H,17,21)(H,18,20). The van der Waals surface area contributed by atoms with Gasteiger partial charge in [0.2, 0.25) is 5.91 Å². The molecule has 2 N–H and O–H groups in total. The molecule has 1 unspecified atom stereocenters. The summed E-state index contributed by atoms with van der Waals surface area (Å²) in [5.41, 5.74) is 2.01. The molecule has 0 aliphatic carbocycles. The number of carbonyl (C=O) groups excluding carboxylic acids is 2. The Kier molecular flexibility index (Phi) is 5.35. The number of nitrogens with zero attached hydrogens (tertiary/aromatic N) is 1. The Hall–Kier alpha value is -2.83. The van der Waals surface area contributed by atoms with Crippen LogP contribution in [0, 0.1) is 13.8 Å². The van der Waals surface area contributed by atoms with Crippen LogP contribution in [-0.4, -0.2) is 30.3 Å². The number of alkyl carbamates (subject to hydrolysis) is 1. The van der Waals surface area contributed by atoms with E-state index >= 15 is 0 Å². The van der Waals surface area contributed by atoms with Gasteiger partial charge in [-0.3, -0.25) is 4.79 Å². The summed E-state index contributed by atoms with van der Waals surface area (Å²) in [6.45, 7) is 3.43. The highest BCUT2D eigenvalue weighted by Crippen LogP contribution is 2.19. The molecule has 1 aromatic heterocycles. The van der Waals surface area contributed by atoms with Crippen molar-refractivity contribution in [1.82, 2.24) is 10.5 Å². The lowest BCUT2D eigenvalue weighted by Crippen LogP contribution is -2.45. The van der Waals surface area contributed by atoms with Crippen molar-refractivity contribution >= 4 is 17.7 Å². The van der Waals surface area contributed by atoms with E-state index in [9.17, 15) is 9.59 Å². The summed E-state index contributed by atoms with van der Waals surface area (Å²) in [5.74, 6) is 0.140. The third kappa shape index (κ3) is 4.32. The molecular weight excluding hydrogens is 298 g/mol. The first-order valence-electron chi connectivity index (χ1n) is 7.13. The van der Waals surface area contributed by atoms with E-state index in [-0.39, 0.29) is 5.91 Å². The second kappa shape index (κ2) is 7.44. The Morgan fingerprint density at radius 2 is 1.96 bits per heavy atom. The van der Waals surface area contributed by atoms with Gasteiger partial charge in [-0.15, -0.1) is 0 Å². The fourth-order valence-corrected chi connectivity index (χ4v) is 2.13. The number of methoxy groups -OCH3 is 1. The van der Waals surface area contributed by atoms with Gasteiger partial charge in [-0.2, -0.15) is 0 Å². The smallest absolute Gasteiger partial charge is 0.407 e. The van der Waals surface area contributed by atoms with Crippen LogP contribution >= 0.6 is 0 Å². The molecule has 7 heteroatoms. The van der Waals surface area contributed by atoms with Gasteiger partial charge in [0.25, 0.3) is 0 Å². The molecule has 0 saturated heterocycles. The maximum absolute atomic E-state index is 12.5. The van der Waals surface area contributed by atoms with Crippen molar-refractivity contribution in [3.05, 3.63) is 47.3 Å². The molecule has 122 valence electrons. The van der Waals surface area contributed by atoms with Crippen LogP contribution in [0.15, 0.2) is 34.9 Å². The summed E-state index contributed by atoms with van der Waals surface area (Å²) in [5, 5.41) is 9.07. The van der Waals surface area contributed by atoms with Gasteiger partial charge in [-0.05, 0) is 19.4 Å². The van der Waals surface area contributed by atoms with Crippen LogP contribution in [0.25, 0.3) is 0 Å². The second-order valence-corrected chi connectivity index (χ2v) is 5.07. The molecule has 1 atom stereocenters. The van der Waals surface area contributed by atoms with Crippen molar-refractivity contribution in [2.24, 2.45) is 0 Å². The zero-order chi connectivity index (χ0) is 16.8. The fraction of sp³-hybridized carbons (Fsp3) is 0.312. The van der Waals surface area contributed by atoms with Crippen LogP contribution in [-0.2, 0) is 16.0 Å². The molecule has 0 aliphatic heterocycles. The Bertz CT molecular complexity index is 662. The summed E-state index contributed by atoms with van der Waals surface area (Å²) < 4.78 is 9.61. The number of rotatable bonds is 5. The summed E-state index contributed by atoms with van der Waals surface area (Å²) in [7, 11) is 1.25. The van der Waals surface area contributed by atoms with Crippen LogP contribution in [0.1, 0.15) is 17.0 Å². The maximum Gasteiger partial charge on any atom is 0.407 e. The highest BCUT2D eigenvalue weighted by atomic mass is 16.5. The Morgan fingerprint density at radius 3 is 2.52 bits per heavy atom. The van der Waals surface area contributed by atoms with E-state index in [0.29, 0.717) is 23.6 Å². The SMILES string of the molecule is COC(=O)NC(Cc1ccccc1)C(=O)Nc1c(C)noc1C. The molecule has 1 heterocycles. The summed E-state index contributed by atoms with van der Waals surface area (Å²) >= 11 is 0. The average Bonchev–Trinajstić information content (AvgIpc) is 2.87. The first-order chi connectivity index (χ1) is 11.0. The lowest BCUT2D eigenvalue weighted by Gasteiger charge is -2.17.